The number of unbranched alkanes of at least 4 members (excludes halogenated alkanes) is 2. The quantitative estimate of drug-likeness (QED) is 0.296. The molecule has 0 heterocycles. The molecular formula is C19H25NO4. The Labute approximate surface area is 143 Å². The van der Waals surface area contributed by atoms with Gasteiger partial charge in [0.25, 0.3) is 0 Å². The van der Waals surface area contributed by atoms with E-state index in [-0.39, 0.29) is 0 Å². The Morgan fingerprint density at radius 1 is 1.04 bits per heavy atom. The first-order chi connectivity index (χ1) is 11.5. The molecule has 24 heavy (non-hydrogen) atoms. The molecule has 0 radical (unpaired) electrons. The number of esters is 2. The summed E-state index contributed by atoms with van der Waals surface area (Å²) >= 11 is 0. The van der Waals surface area contributed by atoms with Crippen molar-refractivity contribution in [2.24, 2.45) is 5.41 Å². The van der Waals surface area contributed by atoms with Gasteiger partial charge in [-0.25, -0.2) is 0 Å². The molecule has 0 N–H and O–H groups in total. The van der Waals surface area contributed by atoms with E-state index < -0.39 is 17.4 Å². The molecule has 0 saturated heterocycles. The van der Waals surface area contributed by atoms with Crippen LogP contribution in [-0.2, 0) is 14.3 Å². The maximum Gasteiger partial charge on any atom is 0.328 e. The van der Waals surface area contributed by atoms with Gasteiger partial charge in [-0.2, -0.15) is 5.26 Å². The van der Waals surface area contributed by atoms with Crippen LogP contribution in [0.4, 0.5) is 0 Å². The fraction of sp³-hybridized carbons (Fsp3) is 0.526. The van der Waals surface area contributed by atoms with Gasteiger partial charge in [0, 0.05) is 0 Å². The minimum atomic E-state index is -1.29. The Hall–Kier alpha value is -2.35. The second kappa shape index (κ2) is 9.71. The molecule has 5 nitrogen and oxygen atoms in total. The van der Waals surface area contributed by atoms with Crippen molar-refractivity contribution in [3.05, 3.63) is 29.8 Å². The fourth-order valence-electron chi connectivity index (χ4n) is 2.37. The third kappa shape index (κ3) is 4.82. The van der Waals surface area contributed by atoms with Crippen LogP contribution in [0.2, 0.25) is 0 Å². The SMILES string of the molecule is CCCCCOC(=O)C(CC)(CC)C(=O)Oc1ccc(C#N)cc1. The molecule has 0 amide bonds. The summed E-state index contributed by atoms with van der Waals surface area (Å²) in [5.74, 6) is -0.830. The molecule has 0 unspecified atom stereocenters. The smallest absolute Gasteiger partial charge is 0.328 e. The lowest BCUT2D eigenvalue weighted by molar-refractivity contribution is -0.168. The molecule has 0 aliphatic carbocycles. The predicted molar refractivity (Wildman–Crippen MR) is 90.3 cm³/mol. The molecule has 0 spiro atoms. The molecule has 1 aromatic carbocycles. The summed E-state index contributed by atoms with van der Waals surface area (Å²) in [4.78, 5) is 25.0. The highest BCUT2D eigenvalue weighted by Crippen LogP contribution is 2.31. The monoisotopic (exact) mass is 331 g/mol. The summed E-state index contributed by atoms with van der Waals surface area (Å²) < 4.78 is 10.7. The predicted octanol–water partition coefficient (Wildman–Crippen LogP) is 4.00. The number of hydrogen-bond acceptors (Lipinski definition) is 5. The lowest BCUT2D eigenvalue weighted by atomic mass is 9.82. The van der Waals surface area contributed by atoms with Crippen LogP contribution in [0.5, 0.6) is 5.75 Å². The zero-order valence-corrected chi connectivity index (χ0v) is 14.6. The van der Waals surface area contributed by atoms with Crippen molar-refractivity contribution in [1.29, 1.82) is 5.26 Å². The maximum absolute atomic E-state index is 12.6. The maximum atomic E-state index is 12.6. The summed E-state index contributed by atoms with van der Waals surface area (Å²) in [7, 11) is 0. The second-order valence-corrected chi connectivity index (χ2v) is 5.66. The Morgan fingerprint density at radius 3 is 2.17 bits per heavy atom. The van der Waals surface area contributed by atoms with Gasteiger partial charge in [-0.1, -0.05) is 33.6 Å². The number of rotatable bonds is 9. The molecule has 0 aliphatic rings. The van der Waals surface area contributed by atoms with Gasteiger partial charge >= 0.3 is 11.9 Å². The minimum absolute atomic E-state index is 0.309. The molecule has 130 valence electrons. The van der Waals surface area contributed by atoms with Crippen molar-refractivity contribution < 1.29 is 19.1 Å². The van der Waals surface area contributed by atoms with Gasteiger partial charge in [-0.05, 0) is 43.5 Å². The number of carbonyl (C=O) groups excluding carboxylic acids is 2. The first kappa shape index (κ1) is 19.7. The fourth-order valence-corrected chi connectivity index (χ4v) is 2.37. The van der Waals surface area contributed by atoms with Crippen LogP contribution in [-0.4, -0.2) is 18.5 Å². The molecular weight excluding hydrogens is 306 g/mol. The molecule has 0 aliphatic heterocycles. The number of hydrogen-bond donors (Lipinski definition) is 0. The number of benzene rings is 1. The van der Waals surface area contributed by atoms with Crippen LogP contribution in [0.15, 0.2) is 24.3 Å². The standard InChI is InChI=1S/C19H25NO4/c1-4-7-8-13-23-17(21)19(5-2,6-3)18(22)24-16-11-9-15(14-20)10-12-16/h9-12H,4-8,13H2,1-3H3. The van der Waals surface area contributed by atoms with Gasteiger partial charge in [0.2, 0.25) is 0 Å². The average Bonchev–Trinajstić information content (AvgIpc) is 2.61. The normalized spacial score (nSPS) is 10.8. The summed E-state index contributed by atoms with van der Waals surface area (Å²) in [5, 5.41) is 8.79. The topological polar surface area (TPSA) is 76.4 Å². The highest BCUT2D eigenvalue weighted by atomic mass is 16.6. The summed E-state index contributed by atoms with van der Waals surface area (Å²) in [5.41, 5.74) is -0.817. The first-order valence-electron chi connectivity index (χ1n) is 8.43. The van der Waals surface area contributed by atoms with Crippen molar-refractivity contribution in [2.45, 2.75) is 52.9 Å². The first-order valence-corrected chi connectivity index (χ1v) is 8.43. The number of carbonyl (C=O) groups is 2. The Balaban J connectivity index is 2.81. The average molecular weight is 331 g/mol. The van der Waals surface area contributed by atoms with Crippen LogP contribution in [0, 0.1) is 16.7 Å². The molecule has 1 rings (SSSR count). The van der Waals surface area contributed by atoms with E-state index in [9.17, 15) is 9.59 Å². The van der Waals surface area contributed by atoms with Crippen LogP contribution in [0.1, 0.15) is 58.4 Å². The van der Waals surface area contributed by atoms with E-state index in [0.717, 1.165) is 19.3 Å². The Morgan fingerprint density at radius 2 is 1.67 bits per heavy atom. The molecule has 5 heteroatoms. The van der Waals surface area contributed by atoms with Crippen molar-refractivity contribution in [3.63, 3.8) is 0 Å². The van der Waals surface area contributed by atoms with E-state index in [1.54, 1.807) is 38.1 Å². The van der Waals surface area contributed by atoms with E-state index in [1.165, 1.54) is 0 Å². The van der Waals surface area contributed by atoms with Crippen molar-refractivity contribution in [3.8, 4) is 11.8 Å². The summed E-state index contributed by atoms with van der Waals surface area (Å²) in [6.45, 7) is 5.94. The van der Waals surface area contributed by atoms with Crippen molar-refractivity contribution >= 4 is 11.9 Å². The van der Waals surface area contributed by atoms with E-state index in [2.05, 4.69) is 6.92 Å². The number of nitriles is 1. The Kier molecular flexibility index (Phi) is 7.97. The summed E-state index contributed by atoms with van der Waals surface area (Å²) in [6, 6.07) is 8.20. The lowest BCUT2D eigenvalue weighted by Gasteiger charge is -2.26. The van der Waals surface area contributed by atoms with Gasteiger partial charge in [0.1, 0.15) is 5.75 Å². The van der Waals surface area contributed by atoms with Gasteiger partial charge in [0.05, 0.1) is 18.2 Å². The van der Waals surface area contributed by atoms with Crippen LogP contribution in [0.3, 0.4) is 0 Å². The zero-order chi connectivity index (χ0) is 18.0. The van der Waals surface area contributed by atoms with E-state index >= 15 is 0 Å². The molecule has 0 saturated carbocycles. The minimum Gasteiger partial charge on any atom is -0.465 e. The lowest BCUT2D eigenvalue weighted by Crippen LogP contribution is -2.42. The van der Waals surface area contributed by atoms with Crippen LogP contribution < -0.4 is 4.74 Å². The Bertz CT molecular complexity index is 582. The second-order valence-electron chi connectivity index (χ2n) is 5.66. The molecule has 0 aromatic heterocycles. The molecule has 0 fully saturated rings. The van der Waals surface area contributed by atoms with Crippen LogP contribution in [0.25, 0.3) is 0 Å². The van der Waals surface area contributed by atoms with E-state index in [1.807, 2.05) is 6.07 Å². The summed E-state index contributed by atoms with van der Waals surface area (Å²) in [6.07, 6.45) is 3.42. The molecule has 1 aromatic rings. The highest BCUT2D eigenvalue weighted by molar-refractivity contribution is 6.00. The zero-order valence-electron chi connectivity index (χ0n) is 14.6. The van der Waals surface area contributed by atoms with Gasteiger partial charge in [-0.3, -0.25) is 9.59 Å². The van der Waals surface area contributed by atoms with E-state index in [0.29, 0.717) is 30.8 Å². The third-order valence-electron chi connectivity index (χ3n) is 4.16. The molecule has 0 bridgehead atoms. The number of ether oxygens (including phenoxy) is 2. The van der Waals surface area contributed by atoms with Gasteiger partial charge < -0.3 is 9.47 Å². The third-order valence-corrected chi connectivity index (χ3v) is 4.16. The van der Waals surface area contributed by atoms with Crippen LogP contribution >= 0.6 is 0 Å². The largest absolute Gasteiger partial charge is 0.465 e. The molecule has 0 atom stereocenters. The van der Waals surface area contributed by atoms with Crippen molar-refractivity contribution in [1.82, 2.24) is 0 Å². The number of nitrogens with zero attached hydrogens (tertiary/aromatic N) is 1. The van der Waals surface area contributed by atoms with Crippen molar-refractivity contribution in [2.75, 3.05) is 6.61 Å². The highest BCUT2D eigenvalue weighted by Gasteiger charge is 2.46. The van der Waals surface area contributed by atoms with E-state index in [4.69, 9.17) is 14.7 Å². The van der Waals surface area contributed by atoms with Gasteiger partial charge in [-0.15, -0.1) is 0 Å². The van der Waals surface area contributed by atoms with Gasteiger partial charge in [0.15, 0.2) is 5.41 Å².